The number of pyridine rings is 1. The van der Waals surface area contributed by atoms with Gasteiger partial charge in [0.05, 0.1) is 16.3 Å². The molecule has 0 bridgehead atoms. The number of fused-ring (bicyclic) bond motifs is 3. The van der Waals surface area contributed by atoms with Gasteiger partial charge in [-0.25, -0.2) is 9.37 Å². The quantitative estimate of drug-likeness (QED) is 0.185. The lowest BCUT2D eigenvalue weighted by atomic mass is 9.73. The number of nitrogens with zero attached hydrogens (tertiary/aromatic N) is 3. The maximum atomic E-state index is 14.3. The molecule has 0 atom stereocenters. The topological polar surface area (TPSA) is 122 Å². The number of carbonyl (C=O) groups is 2. The Morgan fingerprint density at radius 2 is 1.82 bits per heavy atom. The minimum Gasteiger partial charge on any atom is -0.381 e. The maximum absolute atomic E-state index is 14.3. The fourth-order valence-electron chi connectivity index (χ4n) is 6.43. The second-order valence-electron chi connectivity index (χ2n) is 12.7. The van der Waals surface area contributed by atoms with Crippen LogP contribution < -0.4 is 15.1 Å². The number of aromatic nitrogens is 1. The van der Waals surface area contributed by atoms with E-state index in [4.69, 9.17) is 15.6 Å². The third kappa shape index (κ3) is 7.68. The highest BCUT2D eigenvalue weighted by molar-refractivity contribution is 7.17. The first-order chi connectivity index (χ1) is 23.6. The minimum absolute atomic E-state index is 0.196. The van der Waals surface area contributed by atoms with Crippen LogP contribution >= 0.6 is 11.3 Å². The lowest BCUT2D eigenvalue weighted by Crippen LogP contribution is -2.58. The highest BCUT2D eigenvalue weighted by Crippen LogP contribution is 2.43. The summed E-state index contributed by atoms with van der Waals surface area (Å²) in [4.78, 5) is 34.7. The van der Waals surface area contributed by atoms with Crippen LogP contribution in [-0.2, 0) is 16.0 Å². The molecular weight excluding hydrogens is 640 g/mol. The zero-order valence-electron chi connectivity index (χ0n) is 27.6. The molecule has 2 fully saturated rings. The first-order valence-corrected chi connectivity index (χ1v) is 17.1. The predicted molar refractivity (Wildman–Crippen MR) is 194 cm³/mol. The van der Waals surface area contributed by atoms with Crippen LogP contribution in [0.4, 0.5) is 21.6 Å². The molecule has 9 nitrogen and oxygen atoms in total. The molecule has 3 N–H and O–H groups in total. The van der Waals surface area contributed by atoms with Gasteiger partial charge in [0.15, 0.2) is 0 Å². The lowest BCUT2D eigenvalue weighted by Gasteiger charge is -2.52. The molecule has 11 heteroatoms. The molecule has 4 aromatic rings. The van der Waals surface area contributed by atoms with Gasteiger partial charge in [-0.2, -0.15) is 0 Å². The largest absolute Gasteiger partial charge is 0.381 e. The number of allylic oxidation sites excluding steroid dienone is 2. The molecule has 252 valence electrons. The summed E-state index contributed by atoms with van der Waals surface area (Å²) < 4.78 is 19.7. The summed E-state index contributed by atoms with van der Waals surface area (Å²) in [7, 11) is 0. The number of ether oxygens (including phenoxy) is 1. The number of hydrogen-bond donors (Lipinski definition) is 3. The van der Waals surface area contributed by atoms with Crippen LogP contribution in [-0.4, -0.2) is 61.6 Å². The zero-order chi connectivity index (χ0) is 34.5. The van der Waals surface area contributed by atoms with E-state index in [-0.39, 0.29) is 11.8 Å². The summed E-state index contributed by atoms with van der Waals surface area (Å²) in [6, 6.07) is 17.2. The Bertz CT molecular complexity index is 1890. The second kappa shape index (κ2) is 14.6. The van der Waals surface area contributed by atoms with E-state index in [0.717, 1.165) is 59.2 Å². The predicted octanol–water partition coefficient (Wildman–Crippen LogP) is 7.30. The highest BCUT2D eigenvalue weighted by Gasteiger charge is 2.44. The van der Waals surface area contributed by atoms with Crippen LogP contribution in [0.1, 0.15) is 46.1 Å². The fraction of sp³-hybridized carbons (Fsp3) is 0.289. The molecule has 0 aliphatic carbocycles. The van der Waals surface area contributed by atoms with E-state index in [9.17, 15) is 14.0 Å². The van der Waals surface area contributed by atoms with Gasteiger partial charge < -0.3 is 25.3 Å². The summed E-state index contributed by atoms with van der Waals surface area (Å²) in [6.45, 7) is 8.04. The maximum Gasteiger partial charge on any atom is 0.258 e. The molecule has 1 spiro atoms. The average molecular weight is 679 g/mol. The van der Waals surface area contributed by atoms with Gasteiger partial charge in [-0.15, -0.1) is 11.3 Å². The van der Waals surface area contributed by atoms with Gasteiger partial charge in [0.25, 0.3) is 5.91 Å². The molecule has 0 radical (unpaired) electrons. The van der Waals surface area contributed by atoms with Crippen LogP contribution in [0, 0.1) is 29.0 Å². The van der Waals surface area contributed by atoms with Crippen LogP contribution in [0.3, 0.4) is 0 Å². The number of thiophene rings is 1. The summed E-state index contributed by atoms with van der Waals surface area (Å²) in [5, 5.41) is 18.0. The van der Waals surface area contributed by atoms with Crippen molar-refractivity contribution >= 4 is 52.3 Å². The molecule has 2 aromatic carbocycles. The molecule has 3 aliphatic heterocycles. The van der Waals surface area contributed by atoms with Crippen molar-refractivity contribution in [3.8, 4) is 10.4 Å². The monoisotopic (exact) mass is 678 g/mol. The number of carbonyl (C=O) groups excluding carboxylic acids is 2. The molecule has 49 heavy (non-hydrogen) atoms. The summed E-state index contributed by atoms with van der Waals surface area (Å²) in [5.41, 5.74) is 5.31. The first-order valence-electron chi connectivity index (χ1n) is 16.3. The Morgan fingerprint density at radius 3 is 2.49 bits per heavy atom. The zero-order valence-corrected chi connectivity index (χ0v) is 28.4. The minimum atomic E-state index is -0.436. The van der Waals surface area contributed by atoms with Crippen LogP contribution in [0.2, 0.25) is 0 Å². The van der Waals surface area contributed by atoms with Crippen molar-refractivity contribution in [1.82, 2.24) is 4.98 Å². The smallest absolute Gasteiger partial charge is 0.258 e. The van der Waals surface area contributed by atoms with Crippen molar-refractivity contribution in [2.75, 3.05) is 48.0 Å². The second-order valence-corrected chi connectivity index (χ2v) is 13.7. The fourth-order valence-corrected chi connectivity index (χ4v) is 7.61. The van der Waals surface area contributed by atoms with Crippen molar-refractivity contribution in [1.29, 1.82) is 10.8 Å². The Labute approximate surface area is 289 Å². The van der Waals surface area contributed by atoms with Crippen molar-refractivity contribution in [2.24, 2.45) is 5.41 Å². The molecule has 0 saturated carbocycles. The Kier molecular flexibility index (Phi) is 10.1. The Morgan fingerprint density at radius 1 is 1.06 bits per heavy atom. The van der Waals surface area contributed by atoms with E-state index >= 15 is 0 Å². The molecule has 2 amide bonds. The molecule has 2 aromatic heterocycles. The van der Waals surface area contributed by atoms with E-state index < -0.39 is 5.82 Å². The van der Waals surface area contributed by atoms with E-state index in [1.807, 2.05) is 12.3 Å². The van der Waals surface area contributed by atoms with Crippen molar-refractivity contribution in [3.05, 3.63) is 106 Å². The third-order valence-corrected chi connectivity index (χ3v) is 10.3. The van der Waals surface area contributed by atoms with E-state index in [0.29, 0.717) is 41.0 Å². The van der Waals surface area contributed by atoms with Gasteiger partial charge in [0.2, 0.25) is 5.91 Å². The van der Waals surface area contributed by atoms with Gasteiger partial charge in [-0.1, -0.05) is 6.07 Å². The van der Waals surface area contributed by atoms with Gasteiger partial charge in [-0.3, -0.25) is 15.0 Å². The van der Waals surface area contributed by atoms with Gasteiger partial charge >= 0.3 is 0 Å². The third-order valence-electron chi connectivity index (χ3n) is 9.06. The molecule has 5 heterocycles. The van der Waals surface area contributed by atoms with Crippen molar-refractivity contribution in [3.63, 3.8) is 0 Å². The van der Waals surface area contributed by atoms with Gasteiger partial charge in [-0.05, 0) is 104 Å². The van der Waals surface area contributed by atoms with Crippen LogP contribution in [0.25, 0.3) is 10.4 Å². The summed E-state index contributed by atoms with van der Waals surface area (Å²) in [6.07, 6.45) is 9.12. The van der Waals surface area contributed by atoms with Crippen molar-refractivity contribution in [2.45, 2.75) is 33.1 Å². The number of hydrogen-bond acceptors (Lipinski definition) is 8. The SMILES string of the molecule is CC(=O)Nc1ccc(C(=O)N2CCc3cc(C(=N)/C=C\C=N)sc3-c3ccc(F)cc32)cc1.Cc1ccc(N2CC3(CCOCC3)C2)nc1. The van der Waals surface area contributed by atoms with Gasteiger partial charge in [0, 0.05) is 79.3 Å². The van der Waals surface area contributed by atoms with E-state index in [1.54, 1.807) is 41.3 Å². The Hall–Kier alpha value is -5.00. The average Bonchev–Trinajstić information content (AvgIpc) is 3.45. The molecular formula is C38H39FN6O3S. The number of nitrogens with one attached hydrogen (secondary N) is 3. The lowest BCUT2D eigenvalue weighted by molar-refractivity contribution is -0.114. The Balaban J connectivity index is 0.000000216. The number of anilines is 3. The highest BCUT2D eigenvalue weighted by atomic mass is 32.1. The van der Waals surface area contributed by atoms with Gasteiger partial charge in [0.1, 0.15) is 11.6 Å². The number of benzene rings is 2. The number of halogens is 1. The summed E-state index contributed by atoms with van der Waals surface area (Å²) >= 11 is 1.42. The molecule has 3 aliphatic rings. The van der Waals surface area contributed by atoms with Crippen LogP contribution in [0.15, 0.2) is 79.0 Å². The summed E-state index contributed by atoms with van der Waals surface area (Å²) in [5.74, 6) is 0.239. The molecule has 7 rings (SSSR count). The normalized spacial score (nSPS) is 16.1. The van der Waals surface area contributed by atoms with Crippen LogP contribution in [0.5, 0.6) is 0 Å². The number of rotatable bonds is 6. The van der Waals surface area contributed by atoms with Crippen molar-refractivity contribution < 1.29 is 18.7 Å². The number of aryl methyl sites for hydroxylation is 1. The molecule has 0 unspecified atom stereocenters. The molecule has 2 saturated heterocycles. The number of amides is 2. The standard InChI is InChI=1S/C25H21FN4O2S.C13H18N2O/c1-15(31)29-19-7-4-16(5-8-19)25(32)30-12-10-17-13-23(21(28)3-2-11-27)33-24(17)20-9-6-18(26)14-22(20)30;1-11-2-3-12(14-8-11)15-9-13(10-15)4-6-16-7-5-13/h2-9,11,13-14,27-28H,10,12H2,1H3,(H,29,31);2-3,8H,4-7,9-10H2,1H3/b3-2-,27-11?,28-21?;. The van der Waals surface area contributed by atoms with E-state index in [2.05, 4.69) is 34.3 Å². The van der Waals surface area contributed by atoms with E-state index in [1.165, 1.54) is 54.9 Å². The first kappa shape index (κ1) is 33.9.